The molecule has 1 aliphatic heterocycles. The van der Waals surface area contributed by atoms with Gasteiger partial charge in [0.1, 0.15) is 0 Å². The Kier molecular flexibility index (Phi) is 4.11. The van der Waals surface area contributed by atoms with Crippen molar-refractivity contribution < 1.29 is 4.79 Å². The summed E-state index contributed by atoms with van der Waals surface area (Å²) in [6, 6.07) is 14.3. The Balaban J connectivity index is 1.60. The van der Waals surface area contributed by atoms with E-state index in [4.69, 9.17) is 0 Å². The number of benzene rings is 2. The Hall–Kier alpha value is -2.88. The highest BCUT2D eigenvalue weighted by Gasteiger charge is 2.29. The van der Waals surface area contributed by atoms with Crippen LogP contribution in [-0.2, 0) is 13.0 Å². The molecule has 4 nitrogen and oxygen atoms in total. The number of hydrogen-bond acceptors (Lipinski definition) is 2. The van der Waals surface area contributed by atoms with Gasteiger partial charge in [0.05, 0.1) is 12.7 Å². The van der Waals surface area contributed by atoms with Gasteiger partial charge in [0.15, 0.2) is 0 Å². The fourth-order valence-electron chi connectivity index (χ4n) is 3.70. The number of carbonyl (C=O) groups is 1. The van der Waals surface area contributed by atoms with Crippen molar-refractivity contribution in [3.05, 3.63) is 82.2 Å². The van der Waals surface area contributed by atoms with Crippen molar-refractivity contribution in [1.29, 1.82) is 0 Å². The zero-order valence-electron chi connectivity index (χ0n) is 15.4. The van der Waals surface area contributed by atoms with E-state index in [1.54, 1.807) is 0 Å². The average Bonchev–Trinajstić information content (AvgIpc) is 3.20. The van der Waals surface area contributed by atoms with Crippen molar-refractivity contribution in [3.8, 4) is 0 Å². The van der Waals surface area contributed by atoms with E-state index in [9.17, 15) is 4.79 Å². The highest BCUT2D eigenvalue weighted by molar-refractivity contribution is 6.10. The molecule has 3 aromatic rings. The summed E-state index contributed by atoms with van der Waals surface area (Å²) in [7, 11) is 0. The highest BCUT2D eigenvalue weighted by atomic mass is 16.2. The van der Waals surface area contributed by atoms with Gasteiger partial charge in [-0.15, -0.1) is 0 Å². The van der Waals surface area contributed by atoms with Crippen LogP contribution in [-0.4, -0.2) is 16.1 Å². The molecule has 2 heterocycles. The molecule has 4 rings (SSSR count). The molecular formula is C22H23N3O. The largest absolute Gasteiger partial charge is 0.304 e. The first-order valence-electron chi connectivity index (χ1n) is 9.03. The highest BCUT2D eigenvalue weighted by Crippen LogP contribution is 2.32. The van der Waals surface area contributed by atoms with E-state index in [1.165, 1.54) is 22.4 Å². The fourth-order valence-corrected chi connectivity index (χ4v) is 3.70. The molecule has 0 unspecified atom stereocenters. The van der Waals surface area contributed by atoms with Crippen LogP contribution in [0.5, 0.6) is 0 Å². The second-order valence-electron chi connectivity index (χ2n) is 7.22. The van der Waals surface area contributed by atoms with Crippen LogP contribution in [0.1, 0.15) is 51.1 Å². The Labute approximate surface area is 153 Å². The molecule has 0 radical (unpaired) electrons. The van der Waals surface area contributed by atoms with E-state index in [1.807, 2.05) is 35.4 Å². The second kappa shape index (κ2) is 6.45. The molecule has 132 valence electrons. The number of amides is 1. The van der Waals surface area contributed by atoms with E-state index in [2.05, 4.69) is 49.2 Å². The number of nitrogens with zero attached hydrogens (tertiary/aromatic N) is 2. The number of aromatic amines is 1. The molecule has 1 atom stereocenters. The lowest BCUT2D eigenvalue weighted by molar-refractivity contribution is 0.0996. The minimum absolute atomic E-state index is 0.0953. The van der Waals surface area contributed by atoms with Crippen LogP contribution in [0, 0.1) is 13.8 Å². The summed E-state index contributed by atoms with van der Waals surface area (Å²) < 4.78 is 0. The van der Waals surface area contributed by atoms with Crippen molar-refractivity contribution in [1.82, 2.24) is 10.2 Å². The number of aryl methyl sites for hydroxylation is 2. The third kappa shape index (κ3) is 2.81. The van der Waals surface area contributed by atoms with Gasteiger partial charge >= 0.3 is 0 Å². The first-order valence-corrected chi connectivity index (χ1v) is 9.03. The van der Waals surface area contributed by atoms with E-state index in [0.717, 1.165) is 23.2 Å². The topological polar surface area (TPSA) is 49.0 Å². The van der Waals surface area contributed by atoms with Crippen LogP contribution in [0.25, 0.3) is 0 Å². The number of fused-ring (bicyclic) bond motifs is 1. The number of carbonyl (C=O) groups excluding carboxylic acids is 1. The zero-order chi connectivity index (χ0) is 18.3. The van der Waals surface area contributed by atoms with Gasteiger partial charge in [-0.3, -0.25) is 9.89 Å². The molecule has 0 bridgehead atoms. The first kappa shape index (κ1) is 16.6. The van der Waals surface area contributed by atoms with Crippen molar-refractivity contribution in [3.63, 3.8) is 0 Å². The minimum atomic E-state index is 0.0953. The maximum atomic E-state index is 12.8. The smallest absolute Gasteiger partial charge is 0.258 e. The minimum Gasteiger partial charge on any atom is -0.304 e. The lowest BCUT2D eigenvalue weighted by Gasteiger charge is -2.19. The summed E-state index contributed by atoms with van der Waals surface area (Å²) in [5.41, 5.74) is 7.71. The summed E-state index contributed by atoms with van der Waals surface area (Å²) in [6.45, 7) is 7.01. The quantitative estimate of drug-likeness (QED) is 0.755. The number of hydrogen-bond donors (Lipinski definition) is 1. The Morgan fingerprint density at radius 3 is 2.69 bits per heavy atom. The van der Waals surface area contributed by atoms with Crippen LogP contribution >= 0.6 is 0 Å². The molecule has 0 aliphatic carbocycles. The lowest BCUT2D eigenvalue weighted by atomic mass is 9.94. The predicted octanol–water partition coefficient (Wildman–Crippen LogP) is 4.53. The van der Waals surface area contributed by atoms with Gasteiger partial charge in [-0.1, -0.05) is 31.2 Å². The summed E-state index contributed by atoms with van der Waals surface area (Å²) in [6.07, 6.45) is 2.77. The first-order chi connectivity index (χ1) is 12.5. The lowest BCUT2D eigenvalue weighted by Crippen LogP contribution is -2.23. The van der Waals surface area contributed by atoms with E-state index < -0.39 is 0 Å². The summed E-state index contributed by atoms with van der Waals surface area (Å²) in [4.78, 5) is 14.7. The van der Waals surface area contributed by atoms with Crippen LogP contribution < -0.4 is 4.90 Å². The molecule has 0 fully saturated rings. The zero-order valence-corrected chi connectivity index (χ0v) is 15.4. The van der Waals surface area contributed by atoms with Crippen molar-refractivity contribution in [2.24, 2.45) is 0 Å². The third-order valence-corrected chi connectivity index (χ3v) is 5.40. The van der Waals surface area contributed by atoms with Crippen molar-refractivity contribution in [2.45, 2.75) is 39.7 Å². The van der Waals surface area contributed by atoms with Gasteiger partial charge in [-0.05, 0) is 66.6 Å². The van der Waals surface area contributed by atoms with Gasteiger partial charge in [0, 0.05) is 16.9 Å². The summed E-state index contributed by atoms with van der Waals surface area (Å²) >= 11 is 0. The van der Waals surface area contributed by atoms with Crippen LogP contribution in [0.3, 0.4) is 0 Å². The molecule has 0 saturated carbocycles. The molecule has 4 heteroatoms. The van der Waals surface area contributed by atoms with E-state index in [0.29, 0.717) is 12.5 Å². The Morgan fingerprint density at radius 2 is 1.96 bits per heavy atom. The van der Waals surface area contributed by atoms with Gasteiger partial charge in [-0.25, -0.2) is 0 Å². The SMILES string of the molecule is Cc1cn[nH]c1C[C@H](C)c1cccc(N2Cc3c(C)cccc3C2=O)c1. The molecule has 26 heavy (non-hydrogen) atoms. The second-order valence-corrected chi connectivity index (χ2v) is 7.22. The number of nitrogens with one attached hydrogen (secondary N) is 1. The van der Waals surface area contributed by atoms with Crippen molar-refractivity contribution in [2.75, 3.05) is 4.90 Å². The molecule has 0 saturated heterocycles. The maximum absolute atomic E-state index is 12.8. The molecule has 1 aliphatic rings. The van der Waals surface area contributed by atoms with Crippen molar-refractivity contribution >= 4 is 11.6 Å². The number of H-pyrrole nitrogens is 1. The molecular weight excluding hydrogens is 322 g/mol. The summed E-state index contributed by atoms with van der Waals surface area (Å²) in [5.74, 6) is 0.439. The van der Waals surface area contributed by atoms with Gasteiger partial charge in [0.25, 0.3) is 5.91 Å². The summed E-state index contributed by atoms with van der Waals surface area (Å²) in [5, 5.41) is 7.20. The molecule has 1 amide bonds. The number of aromatic nitrogens is 2. The average molecular weight is 345 g/mol. The fraction of sp³-hybridized carbons (Fsp3) is 0.273. The maximum Gasteiger partial charge on any atom is 0.258 e. The van der Waals surface area contributed by atoms with Crippen LogP contribution in [0.4, 0.5) is 5.69 Å². The standard InChI is InChI=1S/C22H23N3O/c1-14-6-4-9-19-20(14)13-25(22(19)26)18-8-5-7-17(11-18)15(2)10-21-16(3)12-23-24-21/h4-9,11-12,15H,10,13H2,1-3H3,(H,23,24)/t15-/m0/s1. The number of anilines is 1. The normalized spacial score (nSPS) is 14.6. The van der Waals surface area contributed by atoms with Gasteiger partial charge in [0.2, 0.25) is 0 Å². The van der Waals surface area contributed by atoms with Crippen LogP contribution in [0.15, 0.2) is 48.7 Å². The van der Waals surface area contributed by atoms with Gasteiger partial charge in [-0.2, -0.15) is 5.10 Å². The third-order valence-electron chi connectivity index (χ3n) is 5.40. The Bertz CT molecular complexity index is 973. The number of rotatable bonds is 4. The van der Waals surface area contributed by atoms with E-state index >= 15 is 0 Å². The predicted molar refractivity (Wildman–Crippen MR) is 104 cm³/mol. The molecule has 0 spiro atoms. The monoisotopic (exact) mass is 345 g/mol. The Morgan fingerprint density at radius 1 is 1.15 bits per heavy atom. The van der Waals surface area contributed by atoms with Gasteiger partial charge < -0.3 is 4.90 Å². The molecule has 2 aromatic carbocycles. The molecule has 1 N–H and O–H groups in total. The van der Waals surface area contributed by atoms with E-state index in [-0.39, 0.29) is 5.91 Å². The molecule has 1 aromatic heterocycles. The van der Waals surface area contributed by atoms with Crippen LogP contribution in [0.2, 0.25) is 0 Å².